The average molecular weight is 547 g/mol. The predicted octanol–water partition coefficient (Wildman–Crippen LogP) is 4.78. The van der Waals surface area contributed by atoms with Gasteiger partial charge in [-0.3, -0.25) is 4.79 Å². The molecular weight excluding hydrogens is 521 g/mol. The van der Waals surface area contributed by atoms with Crippen LogP contribution >= 0.6 is 0 Å². The summed E-state index contributed by atoms with van der Waals surface area (Å²) in [6, 6.07) is 11.3. The lowest BCUT2D eigenvalue weighted by atomic mass is 9.96. The van der Waals surface area contributed by atoms with E-state index in [4.69, 9.17) is 4.74 Å². The number of hydrogen-bond donors (Lipinski definition) is 2. The van der Waals surface area contributed by atoms with Crippen molar-refractivity contribution >= 4 is 21.9 Å². The number of hydrogen-bond acceptors (Lipinski definition) is 6. The molecular formula is C26H25F3N4O4S. The van der Waals surface area contributed by atoms with Crippen LogP contribution in [0.5, 0.6) is 5.88 Å². The third kappa shape index (κ3) is 5.04. The van der Waals surface area contributed by atoms with E-state index in [0.717, 1.165) is 22.8 Å². The van der Waals surface area contributed by atoms with Gasteiger partial charge in [0.15, 0.2) is 0 Å². The number of benzene rings is 2. The maximum absolute atomic E-state index is 13.7. The fourth-order valence-electron chi connectivity index (χ4n) is 4.71. The number of alkyl halides is 3. The number of carbonyl (C=O) groups excluding carboxylic acids is 1. The minimum atomic E-state index is -4.42. The van der Waals surface area contributed by atoms with Crippen molar-refractivity contribution in [1.82, 2.24) is 15.3 Å². The van der Waals surface area contributed by atoms with E-state index in [2.05, 4.69) is 20.0 Å². The molecule has 5 rings (SSSR count). The van der Waals surface area contributed by atoms with Gasteiger partial charge >= 0.3 is 6.18 Å². The van der Waals surface area contributed by atoms with Crippen molar-refractivity contribution in [3.63, 3.8) is 0 Å². The molecule has 38 heavy (non-hydrogen) atoms. The fourth-order valence-corrected chi connectivity index (χ4v) is 5.70. The van der Waals surface area contributed by atoms with E-state index in [1.54, 1.807) is 0 Å². The van der Waals surface area contributed by atoms with E-state index in [0.29, 0.717) is 5.69 Å². The maximum atomic E-state index is 13.7. The zero-order chi connectivity index (χ0) is 27.3. The molecule has 1 atom stereocenters. The monoisotopic (exact) mass is 546 g/mol. The number of aryl methyl sites for hydroxylation is 2. The minimum absolute atomic E-state index is 0.0159. The Morgan fingerprint density at radius 1 is 1.05 bits per heavy atom. The molecule has 12 heteroatoms. The van der Waals surface area contributed by atoms with Crippen LogP contribution in [-0.4, -0.2) is 43.1 Å². The SMILES string of the molecule is Cc1cccc(C)c1-c1cc2nc(n1)NS(=O)(=O)c1cccc(c1)C(=O)N[C@H](CC1(C(F)(F)F)CC1)CO2. The lowest BCUT2D eigenvalue weighted by Crippen LogP contribution is -2.43. The van der Waals surface area contributed by atoms with Gasteiger partial charge in [-0.15, -0.1) is 0 Å². The number of rotatable bonds is 3. The Labute approximate surface area is 217 Å². The lowest BCUT2D eigenvalue weighted by Gasteiger charge is -2.26. The van der Waals surface area contributed by atoms with Gasteiger partial charge < -0.3 is 10.1 Å². The summed E-state index contributed by atoms with van der Waals surface area (Å²) in [7, 11) is -4.21. The number of aromatic nitrogens is 2. The summed E-state index contributed by atoms with van der Waals surface area (Å²) in [6.45, 7) is 3.44. The van der Waals surface area contributed by atoms with Gasteiger partial charge in [0.05, 0.1) is 22.0 Å². The second kappa shape index (κ2) is 9.26. The van der Waals surface area contributed by atoms with Crippen molar-refractivity contribution in [2.24, 2.45) is 5.41 Å². The Bertz CT molecular complexity index is 1500. The van der Waals surface area contributed by atoms with Crippen LogP contribution in [0, 0.1) is 19.3 Å². The largest absolute Gasteiger partial charge is 0.475 e. The summed E-state index contributed by atoms with van der Waals surface area (Å²) in [5, 5.41) is 2.61. The highest BCUT2D eigenvalue weighted by Crippen LogP contribution is 2.60. The molecule has 1 aliphatic carbocycles. The molecule has 1 saturated carbocycles. The third-order valence-corrected chi connectivity index (χ3v) is 8.26. The molecule has 4 bridgehead atoms. The summed E-state index contributed by atoms with van der Waals surface area (Å²) in [4.78, 5) is 21.3. The lowest BCUT2D eigenvalue weighted by molar-refractivity contribution is -0.190. The molecule has 3 aromatic rings. The van der Waals surface area contributed by atoms with Crippen LogP contribution < -0.4 is 14.8 Å². The molecule has 2 aliphatic rings. The minimum Gasteiger partial charge on any atom is -0.475 e. The third-order valence-electron chi connectivity index (χ3n) is 6.93. The molecule has 0 unspecified atom stereocenters. The van der Waals surface area contributed by atoms with E-state index in [1.807, 2.05) is 32.0 Å². The highest BCUT2D eigenvalue weighted by atomic mass is 32.2. The first kappa shape index (κ1) is 26.0. The average Bonchev–Trinajstić information content (AvgIpc) is 3.63. The fraction of sp³-hybridized carbons (Fsp3) is 0.346. The van der Waals surface area contributed by atoms with E-state index in [1.165, 1.54) is 24.3 Å². The van der Waals surface area contributed by atoms with Crippen LogP contribution in [0.15, 0.2) is 53.4 Å². The number of halogens is 3. The molecule has 2 aromatic carbocycles. The predicted molar refractivity (Wildman–Crippen MR) is 133 cm³/mol. The van der Waals surface area contributed by atoms with Gasteiger partial charge in [-0.1, -0.05) is 24.3 Å². The molecule has 8 nitrogen and oxygen atoms in total. The van der Waals surface area contributed by atoms with Crippen LogP contribution in [0.4, 0.5) is 19.1 Å². The van der Waals surface area contributed by atoms with Gasteiger partial charge in [-0.2, -0.15) is 18.2 Å². The van der Waals surface area contributed by atoms with Crippen molar-refractivity contribution < 1.29 is 31.1 Å². The highest BCUT2D eigenvalue weighted by Gasteiger charge is 2.63. The molecule has 0 saturated heterocycles. The summed E-state index contributed by atoms with van der Waals surface area (Å²) >= 11 is 0. The Balaban J connectivity index is 1.60. The zero-order valence-electron chi connectivity index (χ0n) is 20.6. The number of amides is 1. The normalized spacial score (nSPS) is 20.0. The maximum Gasteiger partial charge on any atom is 0.394 e. The molecule has 2 N–H and O–H groups in total. The Morgan fingerprint density at radius 3 is 2.39 bits per heavy atom. The first-order valence-electron chi connectivity index (χ1n) is 12.0. The first-order valence-corrected chi connectivity index (χ1v) is 13.4. The molecule has 2 heterocycles. The quantitative estimate of drug-likeness (QED) is 0.489. The van der Waals surface area contributed by atoms with Gasteiger partial charge in [-0.05, 0) is 62.4 Å². The molecule has 1 aliphatic heterocycles. The first-order chi connectivity index (χ1) is 17.9. The van der Waals surface area contributed by atoms with Crippen LogP contribution in [0.1, 0.15) is 40.7 Å². The highest BCUT2D eigenvalue weighted by molar-refractivity contribution is 7.92. The molecule has 1 fully saturated rings. The standard InChI is InChI=1S/C26H25F3N4O4S/c1-15-5-3-6-16(2)22(15)20-12-21-32-24(31-20)33-38(35,36)19-8-4-7-17(11-19)23(34)30-18(14-37-21)13-25(9-10-25)26(27,28)29/h3-8,11-12,18H,9-10,13-14H2,1-2H3,(H,30,34)(H,31,32,33)/t18-/m1/s1. The van der Waals surface area contributed by atoms with E-state index >= 15 is 0 Å². The van der Waals surface area contributed by atoms with Gasteiger partial charge in [0.25, 0.3) is 15.9 Å². The summed E-state index contributed by atoms with van der Waals surface area (Å²) in [6.07, 6.45) is -4.86. The van der Waals surface area contributed by atoms with Crippen molar-refractivity contribution in [2.75, 3.05) is 11.3 Å². The number of ether oxygens (including phenoxy) is 1. The van der Waals surface area contributed by atoms with Crippen LogP contribution in [0.25, 0.3) is 11.3 Å². The summed E-state index contributed by atoms with van der Waals surface area (Å²) in [5.74, 6) is -1.02. The molecule has 1 aromatic heterocycles. The van der Waals surface area contributed by atoms with Gasteiger partial charge in [0, 0.05) is 17.2 Å². The van der Waals surface area contributed by atoms with E-state index < -0.39 is 33.6 Å². The van der Waals surface area contributed by atoms with Crippen molar-refractivity contribution in [2.45, 2.75) is 50.2 Å². The smallest absolute Gasteiger partial charge is 0.394 e. The molecule has 1 amide bonds. The van der Waals surface area contributed by atoms with Gasteiger partial charge in [-0.25, -0.2) is 18.1 Å². The van der Waals surface area contributed by atoms with Crippen LogP contribution in [0.2, 0.25) is 0 Å². The molecule has 200 valence electrons. The number of anilines is 1. The number of fused-ring (bicyclic) bond motifs is 4. The second-order valence-electron chi connectivity index (χ2n) is 9.78. The number of nitrogens with one attached hydrogen (secondary N) is 2. The van der Waals surface area contributed by atoms with Crippen molar-refractivity contribution in [1.29, 1.82) is 0 Å². The van der Waals surface area contributed by atoms with Crippen molar-refractivity contribution in [3.8, 4) is 17.1 Å². The number of nitrogens with zero attached hydrogens (tertiary/aromatic N) is 2. The Morgan fingerprint density at radius 2 is 1.74 bits per heavy atom. The van der Waals surface area contributed by atoms with Crippen LogP contribution in [0.3, 0.4) is 0 Å². The summed E-state index contributed by atoms with van der Waals surface area (Å²) < 4.78 is 75.7. The Hall–Kier alpha value is -3.67. The zero-order valence-corrected chi connectivity index (χ0v) is 21.4. The second-order valence-corrected chi connectivity index (χ2v) is 11.5. The van der Waals surface area contributed by atoms with Crippen LogP contribution in [-0.2, 0) is 10.0 Å². The number of carbonyl (C=O) groups is 1. The van der Waals surface area contributed by atoms with Gasteiger partial charge in [0.2, 0.25) is 11.8 Å². The molecule has 0 spiro atoms. The summed E-state index contributed by atoms with van der Waals surface area (Å²) in [5.41, 5.74) is 0.958. The molecule has 0 radical (unpaired) electrons. The van der Waals surface area contributed by atoms with Crippen molar-refractivity contribution in [3.05, 3.63) is 65.2 Å². The number of sulfonamides is 1. The topological polar surface area (TPSA) is 110 Å². The van der Waals surface area contributed by atoms with E-state index in [-0.39, 0.29) is 48.2 Å². The van der Waals surface area contributed by atoms with Gasteiger partial charge in [0.1, 0.15) is 6.61 Å². The Kier molecular flexibility index (Phi) is 6.33. The van der Waals surface area contributed by atoms with E-state index in [9.17, 15) is 26.4 Å².